The number of hydrogen-bond donors (Lipinski definition) is 3. The number of aromatic amines is 1. The van der Waals surface area contributed by atoms with Gasteiger partial charge in [0.05, 0.1) is 17.3 Å². The monoisotopic (exact) mass is 287 g/mol. The van der Waals surface area contributed by atoms with Crippen molar-refractivity contribution in [3.05, 3.63) is 30.0 Å². The Balaban J connectivity index is 1.65. The van der Waals surface area contributed by atoms with Gasteiger partial charge in [0.15, 0.2) is 0 Å². The Hall–Kier alpha value is -1.88. The summed E-state index contributed by atoms with van der Waals surface area (Å²) < 4.78 is 0. The van der Waals surface area contributed by atoms with Crippen molar-refractivity contribution in [1.29, 1.82) is 0 Å². The smallest absolute Gasteiger partial charge is 0.251 e. The molecule has 21 heavy (non-hydrogen) atoms. The Bertz CT molecular complexity index is 652. The van der Waals surface area contributed by atoms with Crippen LogP contribution in [0, 0.1) is 5.92 Å². The lowest BCUT2D eigenvalue weighted by molar-refractivity contribution is -0.0109. The zero-order valence-corrected chi connectivity index (χ0v) is 12.2. The van der Waals surface area contributed by atoms with Crippen LogP contribution in [0.5, 0.6) is 0 Å². The predicted molar refractivity (Wildman–Crippen MR) is 81.0 cm³/mol. The van der Waals surface area contributed by atoms with Gasteiger partial charge >= 0.3 is 0 Å². The predicted octanol–water partition coefficient (Wildman–Crippen LogP) is 2.23. The fourth-order valence-corrected chi connectivity index (χ4v) is 3.22. The summed E-state index contributed by atoms with van der Waals surface area (Å²) in [6.07, 6.45) is 5.40. The Morgan fingerprint density at radius 3 is 3.24 bits per heavy atom. The normalized spacial score (nSPS) is 25.9. The molecule has 0 spiro atoms. The molecule has 1 aliphatic carbocycles. The number of carbonyl (C=O) groups is 1. The van der Waals surface area contributed by atoms with E-state index in [4.69, 9.17) is 0 Å². The van der Waals surface area contributed by atoms with E-state index in [1.807, 2.05) is 12.1 Å². The lowest BCUT2D eigenvalue weighted by Crippen LogP contribution is -2.45. The fourth-order valence-electron chi connectivity index (χ4n) is 3.22. The van der Waals surface area contributed by atoms with Gasteiger partial charge in [-0.05, 0) is 37.0 Å². The van der Waals surface area contributed by atoms with Crippen molar-refractivity contribution in [3.63, 3.8) is 0 Å². The number of amides is 1. The summed E-state index contributed by atoms with van der Waals surface area (Å²) in [5.74, 6) is 0.368. The maximum absolute atomic E-state index is 12.2. The van der Waals surface area contributed by atoms with Crippen molar-refractivity contribution in [1.82, 2.24) is 15.5 Å². The number of nitrogens with zero attached hydrogens (tertiary/aromatic N) is 1. The molecule has 0 aliphatic heterocycles. The summed E-state index contributed by atoms with van der Waals surface area (Å²) in [6.45, 7) is 2.47. The molecule has 5 heteroatoms. The van der Waals surface area contributed by atoms with Gasteiger partial charge in [-0.25, -0.2) is 0 Å². The quantitative estimate of drug-likeness (QED) is 0.810. The number of carbonyl (C=O) groups excluding carboxylic acids is 1. The van der Waals surface area contributed by atoms with Crippen LogP contribution in [0.25, 0.3) is 10.9 Å². The summed E-state index contributed by atoms with van der Waals surface area (Å²) in [7, 11) is 0. The highest BCUT2D eigenvalue weighted by molar-refractivity contribution is 5.97. The molecule has 0 radical (unpaired) electrons. The van der Waals surface area contributed by atoms with E-state index in [2.05, 4.69) is 22.4 Å². The molecule has 3 rings (SSSR count). The van der Waals surface area contributed by atoms with E-state index in [-0.39, 0.29) is 5.91 Å². The van der Waals surface area contributed by atoms with Gasteiger partial charge < -0.3 is 10.4 Å². The topological polar surface area (TPSA) is 78.0 Å². The van der Waals surface area contributed by atoms with Crippen LogP contribution >= 0.6 is 0 Å². The number of H-pyrrole nitrogens is 1. The van der Waals surface area contributed by atoms with Crippen LogP contribution in [0.3, 0.4) is 0 Å². The molecule has 1 aliphatic rings. The van der Waals surface area contributed by atoms with Crippen molar-refractivity contribution >= 4 is 16.8 Å². The molecule has 0 saturated heterocycles. The van der Waals surface area contributed by atoms with Crippen molar-refractivity contribution in [2.75, 3.05) is 6.54 Å². The van der Waals surface area contributed by atoms with Crippen LogP contribution in [0.1, 0.15) is 43.0 Å². The third kappa shape index (κ3) is 3.08. The first-order chi connectivity index (χ1) is 10.1. The van der Waals surface area contributed by atoms with Crippen molar-refractivity contribution in [2.45, 2.75) is 38.2 Å². The Morgan fingerprint density at radius 2 is 2.43 bits per heavy atom. The van der Waals surface area contributed by atoms with Gasteiger partial charge in [-0.3, -0.25) is 9.89 Å². The van der Waals surface area contributed by atoms with E-state index in [0.717, 1.165) is 36.6 Å². The number of aromatic nitrogens is 2. The molecular formula is C16H21N3O2. The average molecular weight is 287 g/mol. The number of aliphatic hydroxyl groups is 1. The van der Waals surface area contributed by atoms with Crippen LogP contribution in [0.2, 0.25) is 0 Å². The fraction of sp³-hybridized carbons (Fsp3) is 0.500. The van der Waals surface area contributed by atoms with E-state index in [9.17, 15) is 9.90 Å². The number of benzene rings is 1. The first kappa shape index (κ1) is 14.1. The second kappa shape index (κ2) is 5.48. The molecular weight excluding hydrogens is 266 g/mol. The van der Waals surface area contributed by atoms with Crippen molar-refractivity contribution in [2.24, 2.45) is 5.92 Å². The Kier molecular flexibility index (Phi) is 3.68. The molecule has 2 atom stereocenters. The molecule has 5 nitrogen and oxygen atoms in total. The van der Waals surface area contributed by atoms with Gasteiger partial charge in [0, 0.05) is 17.5 Å². The maximum atomic E-state index is 12.2. The SMILES string of the molecule is CC1CCCC(O)(CNC(=O)c2ccc3[nH]ncc3c2)C1. The lowest BCUT2D eigenvalue weighted by atomic mass is 9.79. The first-order valence-electron chi connectivity index (χ1n) is 7.49. The van der Waals surface area contributed by atoms with Gasteiger partial charge in [0.2, 0.25) is 0 Å². The summed E-state index contributed by atoms with van der Waals surface area (Å²) in [5, 5.41) is 21.1. The largest absolute Gasteiger partial charge is 0.388 e. The van der Waals surface area contributed by atoms with E-state index in [1.54, 1.807) is 12.3 Å². The summed E-state index contributed by atoms with van der Waals surface area (Å²) in [5.41, 5.74) is 0.746. The van der Waals surface area contributed by atoms with Gasteiger partial charge in [-0.2, -0.15) is 5.10 Å². The number of nitrogens with one attached hydrogen (secondary N) is 2. The highest BCUT2D eigenvalue weighted by Crippen LogP contribution is 2.31. The third-order valence-electron chi connectivity index (χ3n) is 4.35. The molecule has 1 heterocycles. The van der Waals surface area contributed by atoms with Crippen LogP contribution in [-0.2, 0) is 0 Å². The van der Waals surface area contributed by atoms with Crippen molar-refractivity contribution < 1.29 is 9.90 Å². The minimum atomic E-state index is -0.757. The van der Waals surface area contributed by atoms with Gasteiger partial charge in [0.25, 0.3) is 5.91 Å². The lowest BCUT2D eigenvalue weighted by Gasteiger charge is -2.35. The second-order valence-electron chi connectivity index (χ2n) is 6.28. The molecule has 0 bridgehead atoms. The molecule has 1 amide bonds. The minimum absolute atomic E-state index is 0.148. The summed E-state index contributed by atoms with van der Waals surface area (Å²) >= 11 is 0. The highest BCUT2D eigenvalue weighted by atomic mass is 16.3. The van der Waals surface area contributed by atoms with Crippen LogP contribution in [-0.4, -0.2) is 33.4 Å². The molecule has 2 unspecified atom stereocenters. The van der Waals surface area contributed by atoms with Gasteiger partial charge in [0.1, 0.15) is 0 Å². The maximum Gasteiger partial charge on any atom is 0.251 e. The molecule has 112 valence electrons. The van der Waals surface area contributed by atoms with Crippen LogP contribution < -0.4 is 5.32 Å². The van der Waals surface area contributed by atoms with E-state index in [0.29, 0.717) is 18.0 Å². The second-order valence-corrected chi connectivity index (χ2v) is 6.28. The Labute approximate surface area is 123 Å². The average Bonchev–Trinajstić information content (AvgIpc) is 2.92. The van der Waals surface area contributed by atoms with E-state index < -0.39 is 5.60 Å². The summed E-state index contributed by atoms with van der Waals surface area (Å²) in [6, 6.07) is 5.42. The molecule has 3 N–H and O–H groups in total. The van der Waals surface area contributed by atoms with Gasteiger partial charge in [-0.15, -0.1) is 0 Å². The Morgan fingerprint density at radius 1 is 1.57 bits per heavy atom. The number of hydrogen-bond acceptors (Lipinski definition) is 3. The van der Waals surface area contributed by atoms with Crippen LogP contribution in [0.15, 0.2) is 24.4 Å². The molecule has 1 saturated carbocycles. The number of fused-ring (bicyclic) bond motifs is 1. The molecule has 1 fully saturated rings. The summed E-state index contributed by atoms with van der Waals surface area (Å²) in [4.78, 5) is 12.2. The highest BCUT2D eigenvalue weighted by Gasteiger charge is 2.32. The first-order valence-corrected chi connectivity index (χ1v) is 7.49. The molecule has 2 aromatic rings. The van der Waals surface area contributed by atoms with Crippen LogP contribution in [0.4, 0.5) is 0 Å². The van der Waals surface area contributed by atoms with E-state index >= 15 is 0 Å². The minimum Gasteiger partial charge on any atom is -0.388 e. The zero-order chi connectivity index (χ0) is 14.9. The number of rotatable bonds is 3. The zero-order valence-electron chi connectivity index (χ0n) is 12.2. The third-order valence-corrected chi connectivity index (χ3v) is 4.35. The van der Waals surface area contributed by atoms with Gasteiger partial charge in [-0.1, -0.05) is 19.8 Å². The molecule has 1 aromatic heterocycles. The molecule has 1 aromatic carbocycles. The van der Waals surface area contributed by atoms with Crippen molar-refractivity contribution in [3.8, 4) is 0 Å². The van der Waals surface area contributed by atoms with E-state index in [1.165, 1.54) is 0 Å². The standard InChI is InChI=1S/C16H21N3O2/c1-11-3-2-6-16(21,8-11)10-17-15(20)12-4-5-14-13(7-12)9-18-19-14/h4-5,7,9,11,21H,2-3,6,8,10H2,1H3,(H,17,20)(H,18,19).